The van der Waals surface area contributed by atoms with Gasteiger partial charge in [0.05, 0.1) is 12.0 Å². The summed E-state index contributed by atoms with van der Waals surface area (Å²) in [7, 11) is 0. The second-order valence-electron chi connectivity index (χ2n) is 1.73. The first-order chi connectivity index (χ1) is 4.63. The maximum atomic E-state index is 10.4. The summed E-state index contributed by atoms with van der Waals surface area (Å²) < 4.78 is 0. The number of allylic oxidation sites excluding steroid dienone is 1. The Hall–Kier alpha value is -1.56. The van der Waals surface area contributed by atoms with Crippen LogP contribution in [-0.4, -0.2) is 5.91 Å². The second-order valence-corrected chi connectivity index (χ2v) is 1.73. The predicted molar refractivity (Wildman–Crippen MR) is 37.6 cm³/mol. The first kappa shape index (κ1) is 8.44. The van der Waals surface area contributed by atoms with Crippen molar-refractivity contribution in [3.05, 3.63) is 24.8 Å². The van der Waals surface area contributed by atoms with Crippen LogP contribution in [-0.2, 0) is 4.79 Å². The van der Waals surface area contributed by atoms with Crippen LogP contribution in [0.5, 0.6) is 0 Å². The lowest BCUT2D eigenvalue weighted by Gasteiger charge is -2.00. The van der Waals surface area contributed by atoms with Gasteiger partial charge in [0, 0.05) is 5.57 Å². The molecule has 3 heteroatoms. The molecule has 3 nitrogen and oxygen atoms in total. The minimum Gasteiger partial charge on any atom is -0.366 e. The number of hydrogen-bond donors (Lipinski definition) is 1. The summed E-state index contributed by atoms with van der Waals surface area (Å²) in [6, 6.07) is 1.81. The second kappa shape index (κ2) is 3.46. The van der Waals surface area contributed by atoms with Crippen LogP contribution in [0.15, 0.2) is 24.8 Å². The Balaban J connectivity index is 4.34. The maximum Gasteiger partial charge on any atom is 0.245 e. The minimum atomic E-state index is -0.661. The van der Waals surface area contributed by atoms with Crippen molar-refractivity contribution in [3.8, 4) is 6.07 Å². The van der Waals surface area contributed by atoms with Crippen molar-refractivity contribution >= 4 is 5.91 Å². The molecule has 0 saturated carbocycles. The summed E-state index contributed by atoms with van der Waals surface area (Å²) in [5.74, 6) is -1.32. The van der Waals surface area contributed by atoms with Gasteiger partial charge in [-0.2, -0.15) is 5.26 Å². The van der Waals surface area contributed by atoms with Crippen LogP contribution in [0.2, 0.25) is 0 Å². The number of primary amides is 1. The van der Waals surface area contributed by atoms with Crippen LogP contribution < -0.4 is 5.73 Å². The van der Waals surface area contributed by atoms with Gasteiger partial charge in [-0.25, -0.2) is 0 Å². The van der Waals surface area contributed by atoms with Crippen molar-refractivity contribution in [1.82, 2.24) is 0 Å². The lowest BCUT2D eigenvalue weighted by Crippen LogP contribution is -2.17. The molecule has 1 amide bonds. The van der Waals surface area contributed by atoms with E-state index in [0.29, 0.717) is 0 Å². The van der Waals surface area contributed by atoms with Crippen LogP contribution in [0.4, 0.5) is 0 Å². The van der Waals surface area contributed by atoms with Crippen LogP contribution in [0.25, 0.3) is 0 Å². The zero-order valence-corrected chi connectivity index (χ0v) is 5.50. The fourth-order valence-electron chi connectivity index (χ4n) is 0.426. The van der Waals surface area contributed by atoms with Gasteiger partial charge >= 0.3 is 0 Å². The fraction of sp³-hybridized carbons (Fsp3) is 0.143. The molecule has 0 saturated heterocycles. The Bertz CT molecular complexity index is 212. The molecule has 0 aromatic rings. The van der Waals surface area contributed by atoms with E-state index in [2.05, 4.69) is 13.2 Å². The van der Waals surface area contributed by atoms with E-state index in [1.165, 1.54) is 6.08 Å². The summed E-state index contributed by atoms with van der Waals surface area (Å²) in [4.78, 5) is 10.4. The molecule has 0 spiro atoms. The molecule has 0 bridgehead atoms. The van der Waals surface area contributed by atoms with E-state index in [1.807, 2.05) is 6.07 Å². The summed E-state index contributed by atoms with van der Waals surface area (Å²) in [5, 5.41) is 8.36. The lowest BCUT2D eigenvalue weighted by atomic mass is 10.0. The van der Waals surface area contributed by atoms with Gasteiger partial charge in [-0.1, -0.05) is 12.7 Å². The molecule has 0 heterocycles. The quantitative estimate of drug-likeness (QED) is 0.449. The third-order valence-corrected chi connectivity index (χ3v) is 1.07. The molecule has 0 aromatic carbocycles. The topological polar surface area (TPSA) is 66.9 Å². The van der Waals surface area contributed by atoms with Crippen molar-refractivity contribution < 1.29 is 4.79 Å². The average Bonchev–Trinajstić information content (AvgIpc) is 1.90. The van der Waals surface area contributed by atoms with Gasteiger partial charge in [0.25, 0.3) is 0 Å². The average molecular weight is 136 g/mol. The van der Waals surface area contributed by atoms with Crippen molar-refractivity contribution in [3.63, 3.8) is 0 Å². The summed E-state index contributed by atoms with van der Waals surface area (Å²) >= 11 is 0. The molecule has 0 aliphatic heterocycles. The number of hydrogen-bond acceptors (Lipinski definition) is 2. The zero-order valence-electron chi connectivity index (χ0n) is 5.50. The van der Waals surface area contributed by atoms with Crippen molar-refractivity contribution in [1.29, 1.82) is 5.26 Å². The highest BCUT2D eigenvalue weighted by molar-refractivity contribution is 5.92. The van der Waals surface area contributed by atoms with Gasteiger partial charge in [0.1, 0.15) is 0 Å². The molecule has 0 fully saturated rings. The number of rotatable bonds is 3. The lowest BCUT2D eigenvalue weighted by molar-refractivity contribution is -0.114. The molecule has 2 N–H and O–H groups in total. The van der Waals surface area contributed by atoms with Crippen LogP contribution in [0.3, 0.4) is 0 Å². The Morgan fingerprint density at radius 1 is 1.80 bits per heavy atom. The molecule has 10 heavy (non-hydrogen) atoms. The number of carbonyl (C=O) groups is 1. The number of carbonyl (C=O) groups excluding carboxylic acids is 1. The number of nitrogens with two attached hydrogens (primary N) is 1. The van der Waals surface area contributed by atoms with Crippen LogP contribution >= 0.6 is 0 Å². The maximum absolute atomic E-state index is 10.4. The molecule has 0 aromatic heterocycles. The highest BCUT2D eigenvalue weighted by atomic mass is 16.1. The van der Waals surface area contributed by atoms with Crippen LogP contribution in [0.1, 0.15) is 0 Å². The van der Waals surface area contributed by atoms with Gasteiger partial charge in [0.2, 0.25) is 5.91 Å². The van der Waals surface area contributed by atoms with Crippen LogP contribution in [0, 0.1) is 17.2 Å². The Morgan fingerprint density at radius 3 is 2.40 bits per heavy atom. The summed E-state index contributed by atoms with van der Waals surface area (Å²) in [5.41, 5.74) is 4.93. The zero-order chi connectivity index (χ0) is 8.15. The molecule has 52 valence electrons. The van der Waals surface area contributed by atoms with Crippen molar-refractivity contribution in [2.75, 3.05) is 0 Å². The molecule has 1 unspecified atom stereocenters. The third kappa shape index (κ3) is 1.75. The molecule has 0 aliphatic rings. The minimum absolute atomic E-state index is 0.0810. The first-order valence-corrected chi connectivity index (χ1v) is 2.64. The van der Waals surface area contributed by atoms with Crippen molar-refractivity contribution in [2.45, 2.75) is 0 Å². The van der Waals surface area contributed by atoms with E-state index in [0.717, 1.165) is 0 Å². The number of amides is 1. The van der Waals surface area contributed by atoms with E-state index in [9.17, 15) is 4.79 Å². The standard InChI is InChI=1S/C7H8N2O/c1-3-6(4-8)5(2)7(9)10/h3,6H,1-2H2,(H2,9,10). The molecular formula is C7H8N2O. The fourth-order valence-corrected chi connectivity index (χ4v) is 0.426. The normalized spacial score (nSPS) is 11.1. The molecule has 0 radical (unpaired) electrons. The molecule has 0 rings (SSSR count). The first-order valence-electron chi connectivity index (χ1n) is 2.64. The summed E-state index contributed by atoms with van der Waals surface area (Å²) in [6.07, 6.45) is 1.33. The van der Waals surface area contributed by atoms with Gasteiger partial charge in [-0.3, -0.25) is 4.79 Å². The molecule has 0 aliphatic carbocycles. The highest BCUT2D eigenvalue weighted by Crippen LogP contribution is 2.06. The third-order valence-electron chi connectivity index (χ3n) is 1.07. The van der Waals surface area contributed by atoms with E-state index in [1.54, 1.807) is 0 Å². The Kier molecular flexibility index (Phi) is 2.92. The van der Waals surface area contributed by atoms with Crippen molar-refractivity contribution in [2.24, 2.45) is 11.7 Å². The monoisotopic (exact) mass is 136 g/mol. The van der Waals surface area contributed by atoms with Gasteiger partial charge in [-0.15, -0.1) is 6.58 Å². The number of nitriles is 1. The number of nitrogens with zero attached hydrogens (tertiary/aromatic N) is 1. The largest absolute Gasteiger partial charge is 0.366 e. The van der Waals surface area contributed by atoms with Gasteiger partial charge in [-0.05, 0) is 0 Å². The Labute approximate surface area is 59.4 Å². The highest BCUT2D eigenvalue weighted by Gasteiger charge is 2.11. The van der Waals surface area contributed by atoms with Gasteiger partial charge < -0.3 is 5.73 Å². The van der Waals surface area contributed by atoms with E-state index < -0.39 is 11.8 Å². The van der Waals surface area contributed by atoms with E-state index >= 15 is 0 Å². The summed E-state index contributed by atoms with van der Waals surface area (Å²) in [6.45, 7) is 6.67. The SMILES string of the molecule is C=CC(C#N)C(=C)C(N)=O. The predicted octanol–water partition coefficient (Wildman–Crippen LogP) is 0.354. The molecule has 1 atom stereocenters. The van der Waals surface area contributed by atoms with E-state index in [4.69, 9.17) is 11.0 Å². The smallest absolute Gasteiger partial charge is 0.245 e. The Morgan fingerprint density at radius 2 is 2.30 bits per heavy atom. The van der Waals surface area contributed by atoms with Gasteiger partial charge in [0.15, 0.2) is 0 Å². The molecular weight excluding hydrogens is 128 g/mol. The van der Waals surface area contributed by atoms with E-state index in [-0.39, 0.29) is 5.57 Å².